The van der Waals surface area contributed by atoms with Crippen LogP contribution in [0.4, 0.5) is 0 Å². The smallest absolute Gasteiger partial charge is 0.252 e. The Morgan fingerprint density at radius 1 is 1.53 bits per heavy atom. The van der Waals surface area contributed by atoms with Gasteiger partial charge in [0.25, 0.3) is 5.91 Å². The molecule has 0 radical (unpaired) electrons. The molecule has 2 rings (SSSR count). The molecule has 1 amide bonds. The maximum Gasteiger partial charge on any atom is 0.252 e. The van der Waals surface area contributed by atoms with Crippen molar-refractivity contribution in [3.8, 4) is 0 Å². The molecule has 0 fully saturated rings. The molecule has 7 heteroatoms. The second kappa shape index (κ2) is 6.21. The van der Waals surface area contributed by atoms with E-state index in [9.17, 15) is 4.79 Å². The molecule has 0 bridgehead atoms. The van der Waals surface area contributed by atoms with E-state index >= 15 is 0 Å². The number of amides is 1. The van der Waals surface area contributed by atoms with Crippen LogP contribution < -0.4 is 5.32 Å². The minimum absolute atomic E-state index is 0.139. The summed E-state index contributed by atoms with van der Waals surface area (Å²) in [6.07, 6.45) is 2.28. The zero-order valence-corrected chi connectivity index (χ0v) is 12.8. The molecule has 0 saturated carbocycles. The number of hydrogen-bond acceptors (Lipinski definition) is 4. The fourth-order valence-electron chi connectivity index (χ4n) is 1.61. The van der Waals surface area contributed by atoms with Gasteiger partial charge in [-0.15, -0.1) is 22.8 Å². The third-order valence-corrected chi connectivity index (χ3v) is 3.51. The van der Waals surface area contributed by atoms with Gasteiger partial charge in [-0.2, -0.15) is 0 Å². The Morgan fingerprint density at radius 3 is 2.95 bits per heavy atom. The standard InChI is InChI=1S/C12H13BrN4OS/c1-17-7-15-16-11(17)4-5-14-12(18)9-3-2-8(13)6-10(9)19/h2-3,6-7,19H,4-5H2,1H3,(H,14,18). The summed E-state index contributed by atoms with van der Waals surface area (Å²) in [7, 11) is 1.87. The topological polar surface area (TPSA) is 59.8 Å². The van der Waals surface area contributed by atoms with Gasteiger partial charge in [-0.25, -0.2) is 0 Å². The van der Waals surface area contributed by atoms with Crippen LogP contribution in [0.15, 0.2) is 33.9 Å². The van der Waals surface area contributed by atoms with Gasteiger partial charge >= 0.3 is 0 Å². The van der Waals surface area contributed by atoms with E-state index in [0.717, 1.165) is 10.3 Å². The summed E-state index contributed by atoms with van der Waals surface area (Å²) < 4.78 is 2.73. The summed E-state index contributed by atoms with van der Waals surface area (Å²) in [4.78, 5) is 12.6. The molecular weight excluding hydrogens is 328 g/mol. The molecule has 1 heterocycles. The lowest BCUT2D eigenvalue weighted by Gasteiger charge is -2.07. The zero-order valence-electron chi connectivity index (χ0n) is 10.3. The summed E-state index contributed by atoms with van der Waals surface area (Å²) >= 11 is 7.62. The Kier molecular flexibility index (Phi) is 4.60. The van der Waals surface area contributed by atoms with Crippen molar-refractivity contribution in [3.05, 3.63) is 40.4 Å². The van der Waals surface area contributed by atoms with E-state index in [4.69, 9.17) is 0 Å². The van der Waals surface area contributed by atoms with E-state index in [1.807, 2.05) is 17.7 Å². The fraction of sp³-hybridized carbons (Fsp3) is 0.250. The van der Waals surface area contributed by atoms with E-state index < -0.39 is 0 Å². The fourth-order valence-corrected chi connectivity index (χ4v) is 2.47. The minimum atomic E-state index is -0.139. The summed E-state index contributed by atoms with van der Waals surface area (Å²) in [5.41, 5.74) is 0.560. The monoisotopic (exact) mass is 340 g/mol. The van der Waals surface area contributed by atoms with Gasteiger partial charge in [0.1, 0.15) is 12.2 Å². The normalized spacial score (nSPS) is 10.5. The highest BCUT2D eigenvalue weighted by Crippen LogP contribution is 2.19. The van der Waals surface area contributed by atoms with E-state index in [1.165, 1.54) is 0 Å². The minimum Gasteiger partial charge on any atom is -0.352 e. The second-order valence-corrected chi connectivity index (χ2v) is 5.42. The lowest BCUT2D eigenvalue weighted by molar-refractivity contribution is 0.0951. The number of aryl methyl sites for hydroxylation is 1. The first-order chi connectivity index (χ1) is 9.08. The molecule has 0 aliphatic heterocycles. The van der Waals surface area contributed by atoms with Gasteiger partial charge in [-0.3, -0.25) is 4.79 Å². The Morgan fingerprint density at radius 2 is 2.32 bits per heavy atom. The average Bonchev–Trinajstić information content (AvgIpc) is 2.75. The lowest BCUT2D eigenvalue weighted by Crippen LogP contribution is -2.26. The van der Waals surface area contributed by atoms with Crippen LogP contribution in [-0.2, 0) is 13.5 Å². The number of halogens is 1. The number of aromatic nitrogens is 3. The first kappa shape index (κ1) is 14.1. The molecule has 1 aromatic carbocycles. The highest BCUT2D eigenvalue weighted by Gasteiger charge is 2.09. The second-order valence-electron chi connectivity index (χ2n) is 4.03. The average molecular weight is 341 g/mol. The van der Waals surface area contributed by atoms with Gasteiger partial charge in [0.15, 0.2) is 0 Å². The number of hydrogen-bond donors (Lipinski definition) is 2. The van der Waals surface area contributed by atoms with E-state index in [2.05, 4.69) is 44.1 Å². The molecule has 19 heavy (non-hydrogen) atoms. The predicted octanol–water partition coefficient (Wildman–Crippen LogP) is 1.84. The van der Waals surface area contributed by atoms with Crippen molar-refractivity contribution in [1.29, 1.82) is 0 Å². The first-order valence-corrected chi connectivity index (χ1v) is 6.91. The molecular formula is C12H13BrN4OS. The number of nitrogens with one attached hydrogen (secondary N) is 1. The Hall–Kier alpha value is -1.34. The largest absolute Gasteiger partial charge is 0.352 e. The van der Waals surface area contributed by atoms with Crippen LogP contribution in [0.3, 0.4) is 0 Å². The number of rotatable bonds is 4. The highest BCUT2D eigenvalue weighted by atomic mass is 79.9. The number of carbonyl (C=O) groups is 1. The molecule has 0 aliphatic rings. The quantitative estimate of drug-likeness (QED) is 0.835. The Balaban J connectivity index is 1.93. The van der Waals surface area contributed by atoms with E-state index in [0.29, 0.717) is 23.4 Å². The van der Waals surface area contributed by atoms with Crippen molar-refractivity contribution in [2.75, 3.05) is 6.54 Å². The summed E-state index contributed by atoms with van der Waals surface area (Å²) in [5.74, 6) is 0.696. The maximum atomic E-state index is 12.0. The third kappa shape index (κ3) is 3.57. The molecule has 0 aliphatic carbocycles. The SMILES string of the molecule is Cn1cnnc1CCNC(=O)c1ccc(Br)cc1S. The van der Waals surface area contributed by atoms with Crippen molar-refractivity contribution >= 4 is 34.5 Å². The van der Waals surface area contributed by atoms with Crippen LogP contribution >= 0.6 is 28.6 Å². The van der Waals surface area contributed by atoms with Crippen LogP contribution in [0.25, 0.3) is 0 Å². The van der Waals surface area contributed by atoms with Crippen LogP contribution in [-0.4, -0.2) is 27.2 Å². The van der Waals surface area contributed by atoms with Crippen molar-refractivity contribution in [2.45, 2.75) is 11.3 Å². The number of benzene rings is 1. The van der Waals surface area contributed by atoms with Gasteiger partial charge < -0.3 is 9.88 Å². The van der Waals surface area contributed by atoms with Crippen molar-refractivity contribution in [2.24, 2.45) is 7.05 Å². The first-order valence-electron chi connectivity index (χ1n) is 5.67. The molecule has 1 N–H and O–H groups in total. The third-order valence-electron chi connectivity index (χ3n) is 2.64. The van der Waals surface area contributed by atoms with Crippen LogP contribution in [0, 0.1) is 0 Å². The highest BCUT2D eigenvalue weighted by molar-refractivity contribution is 9.10. The van der Waals surface area contributed by atoms with Gasteiger partial charge in [0.2, 0.25) is 0 Å². The van der Waals surface area contributed by atoms with Gasteiger partial charge in [-0.05, 0) is 18.2 Å². The molecule has 0 atom stereocenters. The van der Waals surface area contributed by atoms with E-state index in [-0.39, 0.29) is 5.91 Å². The Bertz CT molecular complexity index is 599. The van der Waals surface area contributed by atoms with Crippen LogP contribution in [0.2, 0.25) is 0 Å². The van der Waals surface area contributed by atoms with Gasteiger partial charge in [-0.1, -0.05) is 15.9 Å². The van der Waals surface area contributed by atoms with Crippen LogP contribution in [0.5, 0.6) is 0 Å². The molecule has 5 nitrogen and oxygen atoms in total. The molecule has 0 unspecified atom stereocenters. The number of nitrogens with zero attached hydrogens (tertiary/aromatic N) is 3. The van der Waals surface area contributed by atoms with E-state index in [1.54, 1.807) is 18.5 Å². The van der Waals surface area contributed by atoms with Crippen LogP contribution in [0.1, 0.15) is 16.2 Å². The molecule has 0 spiro atoms. The maximum absolute atomic E-state index is 12.0. The summed E-state index contributed by atoms with van der Waals surface area (Å²) in [6.45, 7) is 0.509. The number of thiol groups is 1. The predicted molar refractivity (Wildman–Crippen MR) is 78.4 cm³/mol. The number of carbonyl (C=O) groups excluding carboxylic acids is 1. The van der Waals surface area contributed by atoms with Crippen molar-refractivity contribution < 1.29 is 4.79 Å². The summed E-state index contributed by atoms with van der Waals surface area (Å²) in [5, 5.41) is 10.6. The molecule has 1 aromatic heterocycles. The van der Waals surface area contributed by atoms with Gasteiger partial charge in [0, 0.05) is 29.4 Å². The zero-order chi connectivity index (χ0) is 13.8. The molecule has 2 aromatic rings. The van der Waals surface area contributed by atoms with Gasteiger partial charge in [0.05, 0.1) is 5.56 Å². The lowest BCUT2D eigenvalue weighted by atomic mass is 10.2. The summed E-state index contributed by atoms with van der Waals surface area (Å²) in [6, 6.07) is 5.35. The Labute approximate surface area is 125 Å². The molecule has 100 valence electrons. The molecule has 0 saturated heterocycles. The van der Waals surface area contributed by atoms with Crippen molar-refractivity contribution in [3.63, 3.8) is 0 Å². The van der Waals surface area contributed by atoms with Crippen molar-refractivity contribution in [1.82, 2.24) is 20.1 Å².